The largest absolute Gasteiger partial charge is 0.390 e. The molecule has 1 fully saturated rings. The summed E-state index contributed by atoms with van der Waals surface area (Å²) in [6, 6.07) is 0. The third kappa shape index (κ3) is 2.60. The maximum Gasteiger partial charge on any atom is 0.167 e. The number of aliphatic hydroxyl groups is 1. The number of rotatable bonds is 5. The van der Waals surface area contributed by atoms with Gasteiger partial charge in [-0.3, -0.25) is 4.57 Å². The zero-order chi connectivity index (χ0) is 13.9. The average Bonchev–Trinajstić information content (AvgIpc) is 3.06. The molecule has 20 heavy (non-hydrogen) atoms. The van der Waals surface area contributed by atoms with E-state index in [0.717, 1.165) is 12.8 Å². The second kappa shape index (κ2) is 5.97. The molecule has 1 saturated heterocycles. The van der Waals surface area contributed by atoms with Crippen LogP contribution in [0, 0.1) is 0 Å². The SMILES string of the molecule is Nc1ncnc2c1ncn2C1CCC(COPCO)O1. The molecular formula is C11H16N5O3P. The molecular weight excluding hydrogens is 281 g/mol. The van der Waals surface area contributed by atoms with Gasteiger partial charge in [-0.2, -0.15) is 0 Å². The summed E-state index contributed by atoms with van der Waals surface area (Å²) in [6.45, 7) is 0.499. The lowest BCUT2D eigenvalue weighted by molar-refractivity contribution is -0.0138. The fraction of sp³-hybridized carbons (Fsp3) is 0.545. The fourth-order valence-corrected chi connectivity index (χ4v) is 2.69. The zero-order valence-corrected chi connectivity index (χ0v) is 11.8. The molecule has 0 aliphatic carbocycles. The van der Waals surface area contributed by atoms with Gasteiger partial charge in [0.1, 0.15) is 18.1 Å². The summed E-state index contributed by atoms with van der Waals surface area (Å²) in [4.78, 5) is 12.4. The first-order chi connectivity index (χ1) is 9.79. The molecule has 0 saturated carbocycles. The molecule has 3 atom stereocenters. The highest BCUT2D eigenvalue weighted by molar-refractivity contribution is 7.31. The Balaban J connectivity index is 1.72. The molecule has 2 aromatic heterocycles. The Hall–Kier alpha value is -1.34. The highest BCUT2D eigenvalue weighted by Crippen LogP contribution is 2.31. The Bertz CT molecular complexity index is 592. The van der Waals surface area contributed by atoms with E-state index in [4.69, 9.17) is 20.1 Å². The lowest BCUT2D eigenvalue weighted by atomic mass is 10.2. The van der Waals surface area contributed by atoms with Crippen LogP contribution in [-0.2, 0) is 9.26 Å². The topological polar surface area (TPSA) is 108 Å². The maximum atomic E-state index is 8.69. The lowest BCUT2D eigenvalue weighted by Crippen LogP contribution is -2.15. The van der Waals surface area contributed by atoms with Crippen molar-refractivity contribution in [3.05, 3.63) is 12.7 Å². The Labute approximate surface area is 117 Å². The number of anilines is 1. The van der Waals surface area contributed by atoms with Crippen molar-refractivity contribution in [3.8, 4) is 0 Å². The maximum absolute atomic E-state index is 8.69. The summed E-state index contributed by atoms with van der Waals surface area (Å²) in [5, 5.41) is 8.69. The van der Waals surface area contributed by atoms with E-state index >= 15 is 0 Å². The molecule has 0 spiro atoms. The molecule has 3 rings (SSSR count). The normalized spacial score (nSPS) is 23.2. The second-order valence-electron chi connectivity index (χ2n) is 4.49. The van der Waals surface area contributed by atoms with Crippen LogP contribution in [0.25, 0.3) is 11.2 Å². The third-order valence-electron chi connectivity index (χ3n) is 3.22. The predicted molar refractivity (Wildman–Crippen MR) is 74.2 cm³/mol. The minimum absolute atomic E-state index is 0.0377. The van der Waals surface area contributed by atoms with Crippen LogP contribution in [0.4, 0.5) is 5.82 Å². The van der Waals surface area contributed by atoms with Gasteiger partial charge in [0.05, 0.1) is 25.4 Å². The van der Waals surface area contributed by atoms with Gasteiger partial charge in [-0.25, -0.2) is 15.0 Å². The first-order valence-corrected chi connectivity index (χ1v) is 7.45. The molecule has 2 aromatic rings. The van der Waals surface area contributed by atoms with Crippen molar-refractivity contribution in [1.29, 1.82) is 0 Å². The Morgan fingerprint density at radius 1 is 1.45 bits per heavy atom. The minimum atomic E-state index is -0.111. The molecule has 3 unspecified atom stereocenters. The highest BCUT2D eigenvalue weighted by Gasteiger charge is 2.28. The number of hydrogen-bond acceptors (Lipinski definition) is 7. The summed E-state index contributed by atoms with van der Waals surface area (Å²) in [6.07, 6.45) is 4.86. The second-order valence-corrected chi connectivity index (χ2v) is 5.38. The number of ether oxygens (including phenoxy) is 1. The van der Waals surface area contributed by atoms with E-state index in [1.165, 1.54) is 6.33 Å². The van der Waals surface area contributed by atoms with E-state index < -0.39 is 0 Å². The minimum Gasteiger partial charge on any atom is -0.390 e. The average molecular weight is 297 g/mol. The van der Waals surface area contributed by atoms with Crippen LogP contribution in [0.15, 0.2) is 12.7 Å². The summed E-state index contributed by atoms with van der Waals surface area (Å²) < 4.78 is 13.1. The molecule has 1 aliphatic heterocycles. The van der Waals surface area contributed by atoms with E-state index in [0.29, 0.717) is 23.6 Å². The summed E-state index contributed by atoms with van der Waals surface area (Å²) in [5.41, 5.74) is 7.04. The Morgan fingerprint density at radius 2 is 2.35 bits per heavy atom. The van der Waals surface area contributed by atoms with Gasteiger partial charge in [0.15, 0.2) is 11.5 Å². The molecule has 0 aromatic carbocycles. The van der Waals surface area contributed by atoms with E-state index in [-0.39, 0.29) is 27.5 Å². The van der Waals surface area contributed by atoms with Crippen LogP contribution in [0.1, 0.15) is 19.1 Å². The zero-order valence-electron chi connectivity index (χ0n) is 10.8. The first-order valence-electron chi connectivity index (χ1n) is 6.33. The van der Waals surface area contributed by atoms with Crippen molar-refractivity contribution < 1.29 is 14.4 Å². The monoisotopic (exact) mass is 297 g/mol. The molecule has 3 heterocycles. The van der Waals surface area contributed by atoms with Crippen LogP contribution in [0.5, 0.6) is 0 Å². The molecule has 108 valence electrons. The molecule has 1 aliphatic rings. The van der Waals surface area contributed by atoms with E-state index in [1.807, 2.05) is 4.57 Å². The van der Waals surface area contributed by atoms with Crippen molar-refractivity contribution in [2.45, 2.75) is 25.2 Å². The number of fused-ring (bicyclic) bond motifs is 1. The van der Waals surface area contributed by atoms with Crippen molar-refractivity contribution in [1.82, 2.24) is 19.5 Å². The van der Waals surface area contributed by atoms with Gasteiger partial charge >= 0.3 is 0 Å². The number of imidazole rings is 1. The number of nitrogens with two attached hydrogens (primary N) is 1. The van der Waals surface area contributed by atoms with E-state index in [9.17, 15) is 0 Å². The predicted octanol–water partition coefficient (Wildman–Crippen LogP) is 0.646. The number of nitrogen functional groups attached to an aromatic ring is 1. The molecule has 8 nitrogen and oxygen atoms in total. The van der Waals surface area contributed by atoms with Crippen molar-refractivity contribution >= 4 is 25.8 Å². The molecule has 0 radical (unpaired) electrons. The number of hydrogen-bond donors (Lipinski definition) is 2. The quantitative estimate of drug-likeness (QED) is 0.616. The van der Waals surface area contributed by atoms with Gasteiger partial charge in [-0.15, -0.1) is 0 Å². The highest BCUT2D eigenvalue weighted by atomic mass is 31.1. The van der Waals surface area contributed by atoms with E-state index in [2.05, 4.69) is 15.0 Å². The summed E-state index contributed by atoms with van der Waals surface area (Å²) in [5.74, 6) is 0.371. The molecule has 0 amide bonds. The number of aromatic nitrogens is 4. The van der Waals surface area contributed by atoms with Crippen LogP contribution >= 0.6 is 8.81 Å². The van der Waals surface area contributed by atoms with Crippen molar-refractivity contribution in [2.24, 2.45) is 0 Å². The smallest absolute Gasteiger partial charge is 0.167 e. The van der Waals surface area contributed by atoms with Gasteiger partial charge in [-0.1, -0.05) is 0 Å². The van der Waals surface area contributed by atoms with Crippen LogP contribution in [0.2, 0.25) is 0 Å². The van der Waals surface area contributed by atoms with Gasteiger partial charge in [0, 0.05) is 8.81 Å². The molecule has 3 N–H and O–H groups in total. The summed E-state index contributed by atoms with van der Waals surface area (Å²) >= 11 is 0. The van der Waals surface area contributed by atoms with Crippen LogP contribution < -0.4 is 5.73 Å². The van der Waals surface area contributed by atoms with Gasteiger partial charge in [0.25, 0.3) is 0 Å². The standard InChI is InChI=1S/C11H16N5O3P/c12-10-9-11(14-4-13-10)16(5-15-9)8-2-1-7(19-8)3-18-20-6-17/h4-5,7-8,17,20H,1-3,6H2,(H2,12,13,14). The molecule has 9 heteroatoms. The van der Waals surface area contributed by atoms with Gasteiger partial charge in [-0.05, 0) is 12.8 Å². The van der Waals surface area contributed by atoms with Crippen LogP contribution in [-0.4, -0.2) is 43.7 Å². The Morgan fingerprint density at radius 3 is 3.20 bits per heavy atom. The van der Waals surface area contributed by atoms with E-state index in [1.54, 1.807) is 6.33 Å². The van der Waals surface area contributed by atoms with Crippen LogP contribution in [0.3, 0.4) is 0 Å². The fourth-order valence-electron chi connectivity index (χ4n) is 2.29. The van der Waals surface area contributed by atoms with Crippen molar-refractivity contribution in [3.63, 3.8) is 0 Å². The van der Waals surface area contributed by atoms with Gasteiger partial charge in [0.2, 0.25) is 0 Å². The Kier molecular flexibility index (Phi) is 4.07. The van der Waals surface area contributed by atoms with Gasteiger partial charge < -0.3 is 20.1 Å². The third-order valence-corrected chi connectivity index (χ3v) is 3.72. The summed E-state index contributed by atoms with van der Waals surface area (Å²) in [7, 11) is 0.108. The number of aliphatic hydroxyl groups excluding tert-OH is 1. The number of nitrogens with zero attached hydrogens (tertiary/aromatic N) is 4. The molecule has 0 bridgehead atoms. The first kappa shape index (κ1) is 13.6. The van der Waals surface area contributed by atoms with Crippen molar-refractivity contribution in [2.75, 3.05) is 18.7 Å². The lowest BCUT2D eigenvalue weighted by Gasteiger charge is -2.15.